The Bertz CT molecular complexity index is 293. The van der Waals surface area contributed by atoms with Crippen molar-refractivity contribution in [2.75, 3.05) is 7.11 Å². The molecule has 0 saturated carbocycles. The number of rotatable bonds is 6. The van der Waals surface area contributed by atoms with E-state index in [-0.39, 0.29) is 12.3 Å². The summed E-state index contributed by atoms with van der Waals surface area (Å²) in [7, 11) is 1.31. The first-order chi connectivity index (χ1) is 7.50. The van der Waals surface area contributed by atoms with Gasteiger partial charge in [-0.3, -0.25) is 4.79 Å². The monoisotopic (exact) mass is 225 g/mol. The summed E-state index contributed by atoms with van der Waals surface area (Å²) in [4.78, 5) is 23.1. The second-order valence-corrected chi connectivity index (χ2v) is 3.83. The maximum Gasteiger partial charge on any atom is 0.331 e. The van der Waals surface area contributed by atoms with E-state index in [0.717, 1.165) is 6.42 Å². The third-order valence-electron chi connectivity index (χ3n) is 2.30. The van der Waals surface area contributed by atoms with Gasteiger partial charge in [0.25, 0.3) is 0 Å². The Hall–Kier alpha value is -1.50. The average Bonchev–Trinajstić information content (AvgIpc) is 2.25. The van der Waals surface area contributed by atoms with E-state index < -0.39 is 11.5 Å². The number of hydrogen-bond donors (Lipinski definition) is 1. The Morgan fingerprint density at radius 2 is 2.12 bits per heavy atom. The van der Waals surface area contributed by atoms with Gasteiger partial charge in [-0.15, -0.1) is 12.3 Å². The lowest BCUT2D eigenvalue weighted by Crippen LogP contribution is -2.52. The zero-order chi connectivity index (χ0) is 12.6. The van der Waals surface area contributed by atoms with Gasteiger partial charge in [0, 0.05) is 12.8 Å². The van der Waals surface area contributed by atoms with E-state index in [9.17, 15) is 9.59 Å². The number of hydrogen-bond acceptors (Lipinski definition) is 3. The Labute approximate surface area is 96.7 Å². The number of methoxy groups -OCH3 is 1. The van der Waals surface area contributed by atoms with Crippen LogP contribution in [-0.2, 0) is 14.3 Å². The molecule has 0 aliphatic rings. The average molecular weight is 225 g/mol. The molecule has 16 heavy (non-hydrogen) atoms. The van der Waals surface area contributed by atoms with Crippen molar-refractivity contribution in [2.45, 2.75) is 45.1 Å². The molecule has 0 aliphatic carbocycles. The second-order valence-electron chi connectivity index (χ2n) is 3.83. The fraction of sp³-hybridized carbons (Fsp3) is 0.667. The fourth-order valence-corrected chi connectivity index (χ4v) is 1.50. The van der Waals surface area contributed by atoms with E-state index in [1.54, 1.807) is 6.92 Å². The highest BCUT2D eigenvalue weighted by Gasteiger charge is 2.34. The first-order valence-corrected chi connectivity index (χ1v) is 5.33. The maximum absolute atomic E-state index is 11.6. The number of carbonyl (C=O) groups excluding carboxylic acids is 2. The molecular formula is C12H19NO3. The van der Waals surface area contributed by atoms with Gasteiger partial charge in [-0.05, 0) is 13.3 Å². The zero-order valence-electron chi connectivity index (χ0n) is 10.1. The van der Waals surface area contributed by atoms with Crippen LogP contribution in [-0.4, -0.2) is 24.5 Å². The zero-order valence-corrected chi connectivity index (χ0v) is 10.1. The SMILES string of the molecule is C#CCCC(=O)NC(C)(CCC)C(=O)OC. The van der Waals surface area contributed by atoms with Crippen LogP contribution < -0.4 is 5.32 Å². The largest absolute Gasteiger partial charge is 0.467 e. The number of esters is 1. The van der Waals surface area contributed by atoms with Gasteiger partial charge in [0.05, 0.1) is 7.11 Å². The summed E-state index contributed by atoms with van der Waals surface area (Å²) in [5.41, 5.74) is -0.949. The van der Waals surface area contributed by atoms with Crippen LogP contribution in [0.5, 0.6) is 0 Å². The first kappa shape index (κ1) is 14.5. The summed E-state index contributed by atoms with van der Waals surface area (Å²) in [5.74, 6) is 1.73. The molecule has 0 aromatic heterocycles. The van der Waals surface area contributed by atoms with E-state index in [1.807, 2.05) is 6.92 Å². The van der Waals surface area contributed by atoms with Crippen LogP contribution >= 0.6 is 0 Å². The molecule has 4 nitrogen and oxygen atoms in total. The van der Waals surface area contributed by atoms with Gasteiger partial charge in [-0.25, -0.2) is 4.79 Å². The normalized spacial score (nSPS) is 13.4. The minimum Gasteiger partial charge on any atom is -0.467 e. The summed E-state index contributed by atoms with van der Waals surface area (Å²) in [6.07, 6.45) is 6.98. The van der Waals surface area contributed by atoms with Crippen molar-refractivity contribution >= 4 is 11.9 Å². The molecule has 0 fully saturated rings. The second kappa shape index (κ2) is 6.89. The maximum atomic E-state index is 11.6. The van der Waals surface area contributed by atoms with Crippen LogP contribution in [0.2, 0.25) is 0 Å². The smallest absolute Gasteiger partial charge is 0.331 e. The predicted octanol–water partition coefficient (Wildman–Crippen LogP) is 1.25. The molecule has 0 radical (unpaired) electrons. The number of carbonyl (C=O) groups is 2. The molecule has 0 saturated heterocycles. The summed E-state index contributed by atoms with van der Waals surface area (Å²) in [6, 6.07) is 0. The Morgan fingerprint density at radius 3 is 2.56 bits per heavy atom. The van der Waals surface area contributed by atoms with Crippen molar-refractivity contribution in [1.29, 1.82) is 0 Å². The molecule has 0 rings (SSSR count). The van der Waals surface area contributed by atoms with Gasteiger partial charge >= 0.3 is 5.97 Å². The van der Waals surface area contributed by atoms with Crippen molar-refractivity contribution < 1.29 is 14.3 Å². The van der Waals surface area contributed by atoms with Gasteiger partial charge in [0.1, 0.15) is 5.54 Å². The molecule has 0 spiro atoms. The molecule has 4 heteroatoms. The van der Waals surface area contributed by atoms with Crippen molar-refractivity contribution in [1.82, 2.24) is 5.32 Å². The van der Waals surface area contributed by atoms with Gasteiger partial charge in [-0.2, -0.15) is 0 Å². The molecule has 0 aromatic rings. The van der Waals surface area contributed by atoms with Crippen LogP contribution in [0, 0.1) is 12.3 Å². The number of nitrogens with one attached hydrogen (secondary N) is 1. The molecule has 1 N–H and O–H groups in total. The summed E-state index contributed by atoms with van der Waals surface area (Å²) in [6.45, 7) is 3.60. The van der Waals surface area contributed by atoms with Crippen LogP contribution in [0.4, 0.5) is 0 Å². The predicted molar refractivity (Wildman–Crippen MR) is 61.5 cm³/mol. The molecule has 0 aromatic carbocycles. The topological polar surface area (TPSA) is 55.4 Å². The van der Waals surface area contributed by atoms with E-state index in [0.29, 0.717) is 12.8 Å². The van der Waals surface area contributed by atoms with Gasteiger partial charge < -0.3 is 10.1 Å². The third kappa shape index (κ3) is 4.35. The van der Waals surface area contributed by atoms with Crippen molar-refractivity contribution in [3.63, 3.8) is 0 Å². The Balaban J connectivity index is 4.49. The molecule has 0 heterocycles. The summed E-state index contributed by atoms with van der Waals surface area (Å²) < 4.78 is 4.68. The lowest BCUT2D eigenvalue weighted by Gasteiger charge is -2.27. The highest BCUT2D eigenvalue weighted by molar-refractivity contribution is 5.87. The standard InChI is InChI=1S/C12H19NO3/c1-5-7-8-10(14)13-12(3,9-6-2)11(15)16-4/h1H,6-9H2,2-4H3,(H,13,14). The van der Waals surface area contributed by atoms with Crippen LogP contribution in [0.25, 0.3) is 0 Å². The fourth-order valence-electron chi connectivity index (χ4n) is 1.50. The van der Waals surface area contributed by atoms with Crippen molar-refractivity contribution in [3.05, 3.63) is 0 Å². The lowest BCUT2D eigenvalue weighted by atomic mass is 9.96. The van der Waals surface area contributed by atoms with Crippen molar-refractivity contribution in [2.24, 2.45) is 0 Å². The summed E-state index contributed by atoms with van der Waals surface area (Å²) >= 11 is 0. The highest BCUT2D eigenvalue weighted by Crippen LogP contribution is 2.14. The minimum atomic E-state index is -0.949. The molecule has 0 aliphatic heterocycles. The number of terminal acetylenes is 1. The molecule has 1 atom stereocenters. The van der Waals surface area contributed by atoms with Gasteiger partial charge in [0.15, 0.2) is 0 Å². The highest BCUT2D eigenvalue weighted by atomic mass is 16.5. The number of amides is 1. The molecular weight excluding hydrogens is 206 g/mol. The van der Waals surface area contributed by atoms with E-state index in [2.05, 4.69) is 16.0 Å². The van der Waals surface area contributed by atoms with Crippen LogP contribution in [0.3, 0.4) is 0 Å². The number of ether oxygens (including phenoxy) is 1. The van der Waals surface area contributed by atoms with Crippen LogP contribution in [0.1, 0.15) is 39.5 Å². The minimum absolute atomic E-state index is 0.223. The molecule has 0 bridgehead atoms. The first-order valence-electron chi connectivity index (χ1n) is 5.33. The van der Waals surface area contributed by atoms with E-state index in [4.69, 9.17) is 6.42 Å². The van der Waals surface area contributed by atoms with E-state index in [1.165, 1.54) is 7.11 Å². The Morgan fingerprint density at radius 1 is 1.50 bits per heavy atom. The van der Waals surface area contributed by atoms with Gasteiger partial charge in [-0.1, -0.05) is 13.3 Å². The van der Waals surface area contributed by atoms with Gasteiger partial charge in [0.2, 0.25) is 5.91 Å². The Kier molecular flexibility index (Phi) is 6.24. The summed E-state index contributed by atoms with van der Waals surface area (Å²) in [5, 5.41) is 2.67. The van der Waals surface area contributed by atoms with Crippen molar-refractivity contribution in [3.8, 4) is 12.3 Å². The quantitative estimate of drug-likeness (QED) is 0.546. The van der Waals surface area contributed by atoms with Crippen LogP contribution in [0.15, 0.2) is 0 Å². The molecule has 1 unspecified atom stereocenters. The lowest BCUT2D eigenvalue weighted by molar-refractivity contribution is -0.150. The molecule has 90 valence electrons. The third-order valence-corrected chi connectivity index (χ3v) is 2.30. The molecule has 1 amide bonds. The van der Waals surface area contributed by atoms with E-state index >= 15 is 0 Å².